The van der Waals surface area contributed by atoms with E-state index >= 15 is 0 Å². The Hall–Kier alpha value is -1.80. The standard InChI is InChI=1S/C18H23NO/c1-4-16(19)12-15-11-14(3)7-10-18(15)20-17-8-5-13(2)6-9-17/h5-11,16H,4,12,19H2,1-3H3. The SMILES string of the molecule is CCC(N)Cc1cc(C)ccc1Oc1ccc(C)cc1. The van der Waals surface area contributed by atoms with Crippen LogP contribution in [0.25, 0.3) is 0 Å². The van der Waals surface area contributed by atoms with Gasteiger partial charge in [0.05, 0.1) is 0 Å². The molecule has 1 atom stereocenters. The number of nitrogens with two attached hydrogens (primary N) is 1. The van der Waals surface area contributed by atoms with Gasteiger partial charge in [-0.05, 0) is 50.5 Å². The molecule has 0 radical (unpaired) electrons. The maximum atomic E-state index is 6.08. The monoisotopic (exact) mass is 269 g/mol. The maximum Gasteiger partial charge on any atom is 0.130 e. The lowest BCUT2D eigenvalue weighted by molar-refractivity contribution is 0.472. The maximum absolute atomic E-state index is 6.08. The van der Waals surface area contributed by atoms with Crippen molar-refractivity contribution in [2.75, 3.05) is 0 Å². The van der Waals surface area contributed by atoms with E-state index < -0.39 is 0 Å². The first kappa shape index (κ1) is 14.6. The molecule has 2 aromatic carbocycles. The van der Waals surface area contributed by atoms with E-state index in [1.54, 1.807) is 0 Å². The summed E-state index contributed by atoms with van der Waals surface area (Å²) in [5, 5.41) is 0. The minimum absolute atomic E-state index is 0.178. The summed E-state index contributed by atoms with van der Waals surface area (Å²) in [6.07, 6.45) is 1.82. The number of rotatable bonds is 5. The van der Waals surface area contributed by atoms with Crippen LogP contribution in [-0.4, -0.2) is 6.04 Å². The molecule has 0 fully saturated rings. The zero-order valence-electron chi connectivity index (χ0n) is 12.5. The highest BCUT2D eigenvalue weighted by Crippen LogP contribution is 2.27. The van der Waals surface area contributed by atoms with Gasteiger partial charge < -0.3 is 10.5 Å². The lowest BCUT2D eigenvalue weighted by Crippen LogP contribution is -2.21. The van der Waals surface area contributed by atoms with Crippen LogP contribution in [0, 0.1) is 13.8 Å². The third-order valence-electron chi connectivity index (χ3n) is 3.47. The highest BCUT2D eigenvalue weighted by Gasteiger charge is 2.09. The summed E-state index contributed by atoms with van der Waals surface area (Å²) in [6.45, 7) is 6.28. The molecular formula is C18H23NO. The van der Waals surface area contributed by atoms with E-state index in [9.17, 15) is 0 Å². The zero-order valence-corrected chi connectivity index (χ0v) is 12.5. The van der Waals surface area contributed by atoms with Crippen molar-refractivity contribution in [1.29, 1.82) is 0 Å². The van der Waals surface area contributed by atoms with Gasteiger partial charge >= 0.3 is 0 Å². The fourth-order valence-corrected chi connectivity index (χ4v) is 2.13. The van der Waals surface area contributed by atoms with Crippen molar-refractivity contribution < 1.29 is 4.74 Å². The average molecular weight is 269 g/mol. The molecular weight excluding hydrogens is 246 g/mol. The summed E-state index contributed by atoms with van der Waals surface area (Å²) < 4.78 is 6.01. The summed E-state index contributed by atoms with van der Waals surface area (Å²) in [6, 6.07) is 14.6. The number of hydrogen-bond acceptors (Lipinski definition) is 2. The molecule has 0 aromatic heterocycles. The van der Waals surface area contributed by atoms with Crippen molar-refractivity contribution in [3.63, 3.8) is 0 Å². The normalized spacial score (nSPS) is 12.2. The molecule has 0 aliphatic carbocycles. The summed E-state index contributed by atoms with van der Waals surface area (Å²) in [7, 11) is 0. The Kier molecular flexibility index (Phi) is 4.80. The quantitative estimate of drug-likeness (QED) is 0.874. The first-order valence-electron chi connectivity index (χ1n) is 7.18. The molecule has 106 valence electrons. The van der Waals surface area contributed by atoms with Gasteiger partial charge in [-0.1, -0.05) is 42.3 Å². The van der Waals surface area contributed by atoms with Crippen LogP contribution in [0.15, 0.2) is 42.5 Å². The van der Waals surface area contributed by atoms with Crippen molar-refractivity contribution >= 4 is 0 Å². The fraction of sp³-hybridized carbons (Fsp3) is 0.333. The van der Waals surface area contributed by atoms with Gasteiger partial charge in [-0.3, -0.25) is 0 Å². The molecule has 20 heavy (non-hydrogen) atoms. The Labute approximate surface area is 121 Å². The van der Waals surface area contributed by atoms with Gasteiger partial charge in [0.2, 0.25) is 0 Å². The van der Waals surface area contributed by atoms with Gasteiger partial charge in [0, 0.05) is 6.04 Å². The Balaban J connectivity index is 2.23. The third kappa shape index (κ3) is 3.84. The van der Waals surface area contributed by atoms with E-state index in [2.05, 4.69) is 45.0 Å². The highest BCUT2D eigenvalue weighted by atomic mass is 16.5. The highest BCUT2D eigenvalue weighted by molar-refractivity contribution is 5.41. The molecule has 2 N–H and O–H groups in total. The largest absolute Gasteiger partial charge is 0.457 e. The Bertz CT molecular complexity index is 560. The van der Waals surface area contributed by atoms with Crippen molar-refractivity contribution in [2.24, 2.45) is 5.73 Å². The second-order valence-electron chi connectivity index (χ2n) is 5.40. The van der Waals surface area contributed by atoms with E-state index in [4.69, 9.17) is 10.5 Å². The summed E-state index contributed by atoms with van der Waals surface area (Å²) in [5.41, 5.74) is 9.73. The second-order valence-corrected chi connectivity index (χ2v) is 5.40. The van der Waals surface area contributed by atoms with Crippen molar-refractivity contribution in [2.45, 2.75) is 39.7 Å². The third-order valence-corrected chi connectivity index (χ3v) is 3.47. The first-order valence-corrected chi connectivity index (χ1v) is 7.18. The van der Waals surface area contributed by atoms with E-state index in [0.717, 1.165) is 24.3 Å². The number of aryl methyl sites for hydroxylation is 2. The molecule has 0 saturated heterocycles. The van der Waals surface area contributed by atoms with Gasteiger partial charge in [0.1, 0.15) is 11.5 Å². The molecule has 0 aliphatic heterocycles. The molecule has 2 nitrogen and oxygen atoms in total. The van der Waals surface area contributed by atoms with Crippen molar-refractivity contribution in [1.82, 2.24) is 0 Å². The van der Waals surface area contributed by atoms with Crippen LogP contribution in [-0.2, 0) is 6.42 Å². The van der Waals surface area contributed by atoms with Crippen LogP contribution in [0.3, 0.4) is 0 Å². The molecule has 0 aliphatic rings. The molecule has 0 heterocycles. The number of hydrogen-bond donors (Lipinski definition) is 1. The van der Waals surface area contributed by atoms with Gasteiger partial charge in [-0.25, -0.2) is 0 Å². The molecule has 2 heteroatoms. The average Bonchev–Trinajstić information content (AvgIpc) is 2.44. The molecule has 1 unspecified atom stereocenters. The van der Waals surface area contributed by atoms with Crippen LogP contribution < -0.4 is 10.5 Å². The molecule has 0 spiro atoms. The number of benzene rings is 2. The fourth-order valence-electron chi connectivity index (χ4n) is 2.13. The van der Waals surface area contributed by atoms with Crippen LogP contribution in [0.4, 0.5) is 0 Å². The van der Waals surface area contributed by atoms with Crippen LogP contribution >= 0.6 is 0 Å². The van der Waals surface area contributed by atoms with Crippen molar-refractivity contribution in [3.05, 3.63) is 59.2 Å². The molecule has 2 rings (SSSR count). The smallest absolute Gasteiger partial charge is 0.130 e. The molecule has 0 amide bonds. The molecule has 0 saturated carbocycles. The summed E-state index contributed by atoms with van der Waals surface area (Å²) >= 11 is 0. The lowest BCUT2D eigenvalue weighted by Gasteiger charge is -2.15. The summed E-state index contributed by atoms with van der Waals surface area (Å²) in [5.74, 6) is 1.77. The molecule has 0 bridgehead atoms. The zero-order chi connectivity index (χ0) is 14.5. The second kappa shape index (κ2) is 6.58. The minimum atomic E-state index is 0.178. The van der Waals surface area contributed by atoms with Gasteiger partial charge in [0.15, 0.2) is 0 Å². The van der Waals surface area contributed by atoms with Crippen molar-refractivity contribution in [3.8, 4) is 11.5 Å². The van der Waals surface area contributed by atoms with Gasteiger partial charge in [-0.2, -0.15) is 0 Å². The van der Waals surface area contributed by atoms with E-state index in [1.807, 2.05) is 18.2 Å². The van der Waals surface area contributed by atoms with Crippen LogP contribution in [0.1, 0.15) is 30.0 Å². The molecule has 2 aromatic rings. The summed E-state index contributed by atoms with van der Waals surface area (Å²) in [4.78, 5) is 0. The Morgan fingerprint density at radius 3 is 2.30 bits per heavy atom. The van der Waals surface area contributed by atoms with Gasteiger partial charge in [0.25, 0.3) is 0 Å². The van der Waals surface area contributed by atoms with E-state index in [1.165, 1.54) is 16.7 Å². The van der Waals surface area contributed by atoms with Crippen LogP contribution in [0.2, 0.25) is 0 Å². The minimum Gasteiger partial charge on any atom is -0.457 e. The van der Waals surface area contributed by atoms with Gasteiger partial charge in [-0.15, -0.1) is 0 Å². The Morgan fingerprint density at radius 2 is 1.65 bits per heavy atom. The topological polar surface area (TPSA) is 35.2 Å². The van der Waals surface area contributed by atoms with E-state index in [-0.39, 0.29) is 6.04 Å². The first-order chi connectivity index (χ1) is 9.58. The Morgan fingerprint density at radius 1 is 1.00 bits per heavy atom. The number of ether oxygens (including phenoxy) is 1. The predicted molar refractivity (Wildman–Crippen MR) is 84.4 cm³/mol. The predicted octanol–water partition coefficient (Wildman–Crippen LogP) is 4.38. The lowest BCUT2D eigenvalue weighted by atomic mass is 10.0. The van der Waals surface area contributed by atoms with Crippen LogP contribution in [0.5, 0.6) is 11.5 Å². The van der Waals surface area contributed by atoms with E-state index in [0.29, 0.717) is 0 Å².